The molecule has 0 saturated carbocycles. The van der Waals surface area contributed by atoms with Gasteiger partial charge in [0.15, 0.2) is 0 Å². The van der Waals surface area contributed by atoms with Crippen molar-refractivity contribution in [2.24, 2.45) is 5.92 Å². The van der Waals surface area contributed by atoms with Gasteiger partial charge in [-0.25, -0.2) is 4.39 Å². The zero-order chi connectivity index (χ0) is 14.2. The van der Waals surface area contributed by atoms with E-state index in [0.717, 1.165) is 12.1 Å². The van der Waals surface area contributed by atoms with Gasteiger partial charge in [0.25, 0.3) is 0 Å². The summed E-state index contributed by atoms with van der Waals surface area (Å²) in [5.41, 5.74) is 1.66. The molecule has 1 saturated heterocycles. The average molecular weight is 263 g/mol. The normalized spacial score (nSPS) is 26.5. The largest absolute Gasteiger partial charge is 0.299 e. The quantitative estimate of drug-likeness (QED) is 0.814. The Hall–Kier alpha value is -1.22. The Bertz CT molecular complexity index is 486. The molecule has 0 amide bonds. The van der Waals surface area contributed by atoms with Gasteiger partial charge in [-0.05, 0) is 38.0 Å². The van der Waals surface area contributed by atoms with E-state index in [2.05, 4.69) is 18.7 Å². The Morgan fingerprint density at radius 3 is 2.68 bits per heavy atom. The highest BCUT2D eigenvalue weighted by Crippen LogP contribution is 2.30. The summed E-state index contributed by atoms with van der Waals surface area (Å²) >= 11 is 0. The molecule has 0 spiro atoms. The minimum atomic E-state index is -0.155. The van der Waals surface area contributed by atoms with E-state index in [0.29, 0.717) is 17.8 Å². The summed E-state index contributed by atoms with van der Waals surface area (Å²) in [7, 11) is 0. The van der Waals surface area contributed by atoms with Crippen molar-refractivity contribution in [2.75, 3.05) is 6.54 Å². The molecule has 0 aliphatic carbocycles. The number of ketones is 1. The minimum Gasteiger partial charge on any atom is -0.299 e. The van der Waals surface area contributed by atoms with Crippen LogP contribution >= 0.6 is 0 Å². The zero-order valence-electron chi connectivity index (χ0n) is 12.1. The lowest BCUT2D eigenvalue weighted by atomic mass is 9.88. The molecular formula is C16H22FNO. The van der Waals surface area contributed by atoms with Gasteiger partial charge >= 0.3 is 0 Å². The van der Waals surface area contributed by atoms with E-state index in [1.165, 1.54) is 0 Å². The van der Waals surface area contributed by atoms with Crippen molar-refractivity contribution < 1.29 is 9.18 Å². The fourth-order valence-electron chi connectivity index (χ4n) is 2.83. The van der Waals surface area contributed by atoms with Crippen LogP contribution in [0.4, 0.5) is 4.39 Å². The smallest absolute Gasteiger partial charge is 0.138 e. The lowest BCUT2D eigenvalue weighted by Gasteiger charge is -2.41. The van der Waals surface area contributed by atoms with E-state index in [1.807, 2.05) is 19.1 Å². The first-order valence-corrected chi connectivity index (χ1v) is 6.96. The summed E-state index contributed by atoms with van der Waals surface area (Å²) in [5, 5.41) is 0. The maximum absolute atomic E-state index is 13.7. The van der Waals surface area contributed by atoms with E-state index in [4.69, 9.17) is 0 Å². The summed E-state index contributed by atoms with van der Waals surface area (Å²) in [5.74, 6) is 0.246. The number of Topliss-reactive ketones (excluding diaryl/α,β-unsaturated/α-hetero) is 1. The maximum Gasteiger partial charge on any atom is 0.138 e. The Morgan fingerprint density at radius 2 is 2.05 bits per heavy atom. The van der Waals surface area contributed by atoms with Gasteiger partial charge in [-0.3, -0.25) is 9.69 Å². The molecule has 19 heavy (non-hydrogen) atoms. The van der Waals surface area contributed by atoms with Crippen molar-refractivity contribution in [2.45, 2.75) is 46.2 Å². The molecule has 0 bridgehead atoms. The van der Waals surface area contributed by atoms with E-state index < -0.39 is 0 Å². The van der Waals surface area contributed by atoms with Crippen molar-refractivity contribution in [3.63, 3.8) is 0 Å². The summed E-state index contributed by atoms with van der Waals surface area (Å²) < 4.78 is 13.7. The van der Waals surface area contributed by atoms with Crippen molar-refractivity contribution in [1.82, 2.24) is 4.90 Å². The maximum atomic E-state index is 13.7. The molecule has 1 aromatic rings. The second-order valence-corrected chi connectivity index (χ2v) is 5.67. The molecule has 1 aliphatic heterocycles. The summed E-state index contributed by atoms with van der Waals surface area (Å²) in [6.45, 7) is 8.70. The molecule has 1 heterocycles. The first-order chi connectivity index (χ1) is 8.91. The second-order valence-electron chi connectivity index (χ2n) is 5.67. The van der Waals surface area contributed by atoms with Gasteiger partial charge in [0.05, 0.1) is 0 Å². The SMILES string of the molecule is Cc1ccc(C(C)N2CCC(=O)C(C)C2C)cc1F. The van der Waals surface area contributed by atoms with Crippen LogP contribution in [0.25, 0.3) is 0 Å². The minimum absolute atomic E-state index is 0.0616. The number of carbonyl (C=O) groups excluding carboxylic acids is 1. The van der Waals surface area contributed by atoms with Crippen LogP contribution in [-0.4, -0.2) is 23.3 Å². The van der Waals surface area contributed by atoms with Crippen molar-refractivity contribution in [3.05, 3.63) is 35.1 Å². The highest BCUT2D eigenvalue weighted by molar-refractivity contribution is 5.82. The van der Waals surface area contributed by atoms with Crippen LogP contribution < -0.4 is 0 Å². The molecule has 1 aliphatic rings. The summed E-state index contributed by atoms with van der Waals surface area (Å²) in [6, 6.07) is 5.77. The predicted octanol–water partition coefficient (Wildman–Crippen LogP) is 3.49. The van der Waals surface area contributed by atoms with Gasteiger partial charge < -0.3 is 0 Å². The predicted molar refractivity (Wildman–Crippen MR) is 74.5 cm³/mol. The molecule has 0 aromatic heterocycles. The number of hydrogen-bond acceptors (Lipinski definition) is 2. The Morgan fingerprint density at radius 1 is 1.37 bits per heavy atom. The monoisotopic (exact) mass is 263 g/mol. The third kappa shape index (κ3) is 2.71. The fourth-order valence-corrected chi connectivity index (χ4v) is 2.83. The number of piperidine rings is 1. The Kier molecular flexibility index (Phi) is 4.04. The van der Waals surface area contributed by atoms with Crippen LogP contribution in [0.1, 0.15) is 44.4 Å². The van der Waals surface area contributed by atoms with Crippen LogP contribution in [0, 0.1) is 18.7 Å². The van der Waals surface area contributed by atoms with Gasteiger partial charge in [-0.1, -0.05) is 19.1 Å². The van der Waals surface area contributed by atoms with Gasteiger partial charge in [0.1, 0.15) is 11.6 Å². The molecule has 3 atom stereocenters. The molecule has 0 N–H and O–H groups in total. The Balaban J connectivity index is 2.21. The molecule has 1 fully saturated rings. The lowest BCUT2D eigenvalue weighted by Crippen LogP contribution is -2.47. The van der Waals surface area contributed by atoms with E-state index in [-0.39, 0.29) is 23.8 Å². The fraction of sp³-hybridized carbons (Fsp3) is 0.562. The van der Waals surface area contributed by atoms with Crippen molar-refractivity contribution in [1.29, 1.82) is 0 Å². The number of carbonyl (C=O) groups is 1. The molecule has 2 rings (SSSR count). The standard InChI is InChI=1S/C16H22FNO/c1-10-5-6-14(9-15(10)17)13(4)18-8-7-16(19)11(2)12(18)3/h5-6,9,11-13H,7-8H2,1-4H3. The van der Waals surface area contributed by atoms with Crippen LogP contribution in [0.15, 0.2) is 18.2 Å². The van der Waals surface area contributed by atoms with E-state index in [9.17, 15) is 9.18 Å². The number of nitrogens with zero attached hydrogens (tertiary/aromatic N) is 1. The van der Waals surface area contributed by atoms with Crippen LogP contribution in [-0.2, 0) is 4.79 Å². The molecule has 104 valence electrons. The van der Waals surface area contributed by atoms with Crippen molar-refractivity contribution in [3.8, 4) is 0 Å². The molecule has 1 aromatic carbocycles. The van der Waals surface area contributed by atoms with Crippen LogP contribution in [0.3, 0.4) is 0 Å². The number of hydrogen-bond donors (Lipinski definition) is 0. The molecule has 3 unspecified atom stereocenters. The van der Waals surface area contributed by atoms with Gasteiger partial charge in [0, 0.05) is 31.0 Å². The topological polar surface area (TPSA) is 20.3 Å². The number of rotatable bonds is 2. The third-order valence-corrected chi connectivity index (χ3v) is 4.55. The lowest BCUT2D eigenvalue weighted by molar-refractivity contribution is -0.128. The van der Waals surface area contributed by atoms with E-state index in [1.54, 1.807) is 13.0 Å². The Labute approximate surface area is 114 Å². The third-order valence-electron chi connectivity index (χ3n) is 4.55. The zero-order valence-corrected chi connectivity index (χ0v) is 12.1. The highest BCUT2D eigenvalue weighted by atomic mass is 19.1. The number of aryl methyl sites for hydroxylation is 1. The first kappa shape index (κ1) is 14.2. The van der Waals surface area contributed by atoms with Gasteiger partial charge in [-0.15, -0.1) is 0 Å². The first-order valence-electron chi connectivity index (χ1n) is 6.96. The highest BCUT2D eigenvalue weighted by Gasteiger charge is 2.33. The van der Waals surface area contributed by atoms with Gasteiger partial charge in [0.2, 0.25) is 0 Å². The molecule has 0 radical (unpaired) electrons. The molecular weight excluding hydrogens is 241 g/mol. The molecule has 3 heteroatoms. The second kappa shape index (κ2) is 5.41. The van der Waals surface area contributed by atoms with Gasteiger partial charge in [-0.2, -0.15) is 0 Å². The number of halogens is 1. The molecule has 2 nitrogen and oxygen atoms in total. The van der Waals surface area contributed by atoms with Crippen molar-refractivity contribution >= 4 is 5.78 Å². The number of benzene rings is 1. The number of likely N-dealkylation sites (tertiary alicyclic amines) is 1. The summed E-state index contributed by atoms with van der Waals surface area (Å²) in [4.78, 5) is 14.0. The van der Waals surface area contributed by atoms with Crippen LogP contribution in [0.5, 0.6) is 0 Å². The van der Waals surface area contributed by atoms with E-state index >= 15 is 0 Å². The summed E-state index contributed by atoms with van der Waals surface area (Å²) in [6.07, 6.45) is 0.601. The average Bonchev–Trinajstić information content (AvgIpc) is 2.39. The van der Waals surface area contributed by atoms with Crippen LogP contribution in [0.2, 0.25) is 0 Å².